The van der Waals surface area contributed by atoms with Gasteiger partial charge >= 0.3 is 0 Å². The van der Waals surface area contributed by atoms with Crippen LogP contribution >= 0.6 is 0 Å². The van der Waals surface area contributed by atoms with Gasteiger partial charge in [0.05, 0.1) is 12.2 Å². The van der Waals surface area contributed by atoms with E-state index in [1.165, 1.54) is 0 Å². The minimum atomic E-state index is 0.772. The number of rotatable bonds is 4. The first-order valence-corrected chi connectivity index (χ1v) is 6.65. The third-order valence-corrected chi connectivity index (χ3v) is 3.33. The van der Waals surface area contributed by atoms with E-state index in [1.807, 2.05) is 24.5 Å². The Morgan fingerprint density at radius 2 is 2.21 bits per heavy atom. The maximum absolute atomic E-state index is 4.35. The summed E-state index contributed by atoms with van der Waals surface area (Å²) in [6, 6.07) is 4.07. The Labute approximate surface area is 112 Å². The van der Waals surface area contributed by atoms with Crippen LogP contribution in [0.25, 0.3) is 0 Å². The monoisotopic (exact) mass is 258 g/mol. The Kier molecular flexibility index (Phi) is 3.41. The molecule has 6 nitrogen and oxygen atoms in total. The molecule has 0 spiro atoms. The number of hydrogen-bond donors (Lipinski definition) is 1. The highest BCUT2D eigenvalue weighted by atomic mass is 15.3. The molecule has 19 heavy (non-hydrogen) atoms. The molecule has 0 fully saturated rings. The molecule has 6 heteroatoms. The summed E-state index contributed by atoms with van der Waals surface area (Å²) in [5.41, 5.74) is 0.976. The average molecular weight is 258 g/mol. The van der Waals surface area contributed by atoms with E-state index in [9.17, 15) is 0 Å². The van der Waals surface area contributed by atoms with Gasteiger partial charge < -0.3 is 14.8 Å². The molecule has 3 heterocycles. The summed E-state index contributed by atoms with van der Waals surface area (Å²) in [5.74, 6) is 2.01. The Bertz CT molecular complexity index is 532. The molecule has 2 aromatic rings. The average Bonchev–Trinajstić information content (AvgIpc) is 2.93. The first kappa shape index (κ1) is 12.1. The Morgan fingerprint density at radius 3 is 3.00 bits per heavy atom. The van der Waals surface area contributed by atoms with Crippen LogP contribution in [0.1, 0.15) is 18.4 Å². The number of fused-ring (bicyclic) bond motifs is 1. The molecule has 0 bridgehead atoms. The third kappa shape index (κ3) is 2.58. The van der Waals surface area contributed by atoms with Crippen LogP contribution in [0.2, 0.25) is 0 Å². The second-order valence-electron chi connectivity index (χ2n) is 4.62. The second kappa shape index (κ2) is 5.36. The molecule has 0 amide bonds. The highest BCUT2D eigenvalue weighted by molar-refractivity contribution is 5.38. The Hall–Kier alpha value is -1.95. The van der Waals surface area contributed by atoms with E-state index in [2.05, 4.69) is 36.9 Å². The van der Waals surface area contributed by atoms with Gasteiger partial charge in [0.15, 0.2) is 5.82 Å². The number of anilines is 1. The Morgan fingerprint density at radius 1 is 1.26 bits per heavy atom. The summed E-state index contributed by atoms with van der Waals surface area (Å²) in [4.78, 5) is 6.57. The lowest BCUT2D eigenvalue weighted by Gasteiger charge is -2.28. The lowest BCUT2D eigenvalue weighted by molar-refractivity contribution is 0.553. The fourth-order valence-electron chi connectivity index (χ4n) is 2.24. The summed E-state index contributed by atoms with van der Waals surface area (Å²) in [6.07, 6.45) is 3.88. The number of nitrogens with zero attached hydrogens (tertiary/aromatic N) is 5. The first-order valence-electron chi connectivity index (χ1n) is 6.65. The van der Waals surface area contributed by atoms with Crippen LogP contribution in [0.4, 0.5) is 5.82 Å². The standard InChI is InChI=1S/C13H18N6/c1-2-14-9-11-3-4-12(17-16-11)19-8-7-18-6-5-15-13(18)10-19/h3-6,14H,2,7-10H2,1H3. The van der Waals surface area contributed by atoms with Crippen LogP contribution < -0.4 is 10.2 Å². The zero-order valence-corrected chi connectivity index (χ0v) is 11.1. The number of hydrogen-bond acceptors (Lipinski definition) is 5. The fourth-order valence-corrected chi connectivity index (χ4v) is 2.24. The zero-order valence-electron chi connectivity index (χ0n) is 11.1. The molecule has 0 saturated heterocycles. The zero-order chi connectivity index (χ0) is 13.1. The van der Waals surface area contributed by atoms with Gasteiger partial charge in [-0.15, -0.1) is 5.10 Å². The SMILES string of the molecule is CCNCc1ccc(N2CCn3ccnc3C2)nn1. The van der Waals surface area contributed by atoms with Gasteiger partial charge in [0.1, 0.15) is 5.82 Å². The van der Waals surface area contributed by atoms with Crippen LogP contribution in [0.15, 0.2) is 24.5 Å². The van der Waals surface area contributed by atoms with E-state index in [-0.39, 0.29) is 0 Å². The molecule has 3 rings (SSSR count). The van der Waals surface area contributed by atoms with Crippen molar-refractivity contribution in [2.24, 2.45) is 0 Å². The fraction of sp³-hybridized carbons (Fsp3) is 0.462. The molecular weight excluding hydrogens is 240 g/mol. The molecule has 0 atom stereocenters. The number of nitrogens with one attached hydrogen (secondary N) is 1. The van der Waals surface area contributed by atoms with E-state index in [1.54, 1.807) is 0 Å². The molecular formula is C13H18N6. The molecule has 0 aliphatic carbocycles. The lowest BCUT2D eigenvalue weighted by atomic mass is 10.3. The maximum atomic E-state index is 4.35. The highest BCUT2D eigenvalue weighted by Gasteiger charge is 2.17. The predicted octanol–water partition coefficient (Wildman–Crippen LogP) is 0.803. The molecule has 2 aromatic heterocycles. The van der Waals surface area contributed by atoms with Crippen molar-refractivity contribution in [1.29, 1.82) is 0 Å². The molecule has 1 aliphatic rings. The van der Waals surface area contributed by atoms with E-state index in [4.69, 9.17) is 0 Å². The molecule has 0 radical (unpaired) electrons. The lowest BCUT2D eigenvalue weighted by Crippen LogP contribution is -2.34. The summed E-state index contributed by atoms with van der Waals surface area (Å²) >= 11 is 0. The number of aromatic nitrogens is 4. The van der Waals surface area contributed by atoms with E-state index in [0.29, 0.717) is 0 Å². The molecule has 0 aromatic carbocycles. The summed E-state index contributed by atoms with van der Waals surface area (Å²) in [7, 11) is 0. The van der Waals surface area contributed by atoms with Crippen molar-refractivity contribution in [2.75, 3.05) is 18.0 Å². The van der Waals surface area contributed by atoms with Gasteiger partial charge in [-0.3, -0.25) is 0 Å². The van der Waals surface area contributed by atoms with Gasteiger partial charge in [0.2, 0.25) is 0 Å². The van der Waals surface area contributed by atoms with Gasteiger partial charge in [0, 0.05) is 32.0 Å². The van der Waals surface area contributed by atoms with Crippen LogP contribution in [0, 0.1) is 0 Å². The van der Waals surface area contributed by atoms with Crippen LogP contribution in [-0.2, 0) is 19.6 Å². The highest BCUT2D eigenvalue weighted by Crippen LogP contribution is 2.17. The summed E-state index contributed by atoms with van der Waals surface area (Å²) in [6.45, 7) is 6.50. The van der Waals surface area contributed by atoms with Crippen LogP contribution in [0.5, 0.6) is 0 Å². The van der Waals surface area contributed by atoms with Gasteiger partial charge in [-0.2, -0.15) is 5.10 Å². The van der Waals surface area contributed by atoms with Crippen LogP contribution in [0.3, 0.4) is 0 Å². The number of imidazole rings is 1. The summed E-state index contributed by atoms with van der Waals surface area (Å²) < 4.78 is 2.18. The van der Waals surface area contributed by atoms with Crippen molar-refractivity contribution in [1.82, 2.24) is 25.1 Å². The summed E-state index contributed by atoms with van der Waals surface area (Å²) in [5, 5.41) is 11.8. The molecule has 0 saturated carbocycles. The van der Waals surface area contributed by atoms with E-state index in [0.717, 1.165) is 50.1 Å². The third-order valence-electron chi connectivity index (χ3n) is 3.33. The minimum absolute atomic E-state index is 0.772. The molecule has 0 unspecified atom stereocenters. The quantitative estimate of drug-likeness (QED) is 0.879. The van der Waals surface area contributed by atoms with Crippen molar-refractivity contribution < 1.29 is 0 Å². The van der Waals surface area contributed by atoms with Crippen LogP contribution in [-0.4, -0.2) is 32.8 Å². The predicted molar refractivity (Wildman–Crippen MR) is 72.7 cm³/mol. The smallest absolute Gasteiger partial charge is 0.151 e. The largest absolute Gasteiger partial charge is 0.346 e. The molecule has 1 N–H and O–H groups in total. The second-order valence-corrected chi connectivity index (χ2v) is 4.62. The van der Waals surface area contributed by atoms with E-state index < -0.39 is 0 Å². The van der Waals surface area contributed by atoms with Crippen molar-refractivity contribution in [3.05, 3.63) is 36.0 Å². The van der Waals surface area contributed by atoms with Crippen molar-refractivity contribution in [2.45, 2.75) is 26.6 Å². The molecule has 100 valence electrons. The van der Waals surface area contributed by atoms with E-state index >= 15 is 0 Å². The van der Waals surface area contributed by atoms with Gasteiger partial charge in [-0.05, 0) is 18.7 Å². The Balaban J connectivity index is 1.70. The molecule has 1 aliphatic heterocycles. The van der Waals surface area contributed by atoms with Gasteiger partial charge in [-0.25, -0.2) is 4.98 Å². The maximum Gasteiger partial charge on any atom is 0.151 e. The normalized spacial score (nSPS) is 14.5. The van der Waals surface area contributed by atoms with Crippen molar-refractivity contribution in [3.8, 4) is 0 Å². The topological polar surface area (TPSA) is 58.9 Å². The van der Waals surface area contributed by atoms with Crippen molar-refractivity contribution in [3.63, 3.8) is 0 Å². The van der Waals surface area contributed by atoms with Gasteiger partial charge in [0.25, 0.3) is 0 Å². The first-order chi connectivity index (χ1) is 9.36. The van der Waals surface area contributed by atoms with Crippen molar-refractivity contribution >= 4 is 5.82 Å². The van der Waals surface area contributed by atoms with Gasteiger partial charge in [-0.1, -0.05) is 6.92 Å². The minimum Gasteiger partial charge on any atom is -0.346 e.